The summed E-state index contributed by atoms with van der Waals surface area (Å²) in [5.41, 5.74) is 5.69. The molecule has 6 rings (SSSR count). The first-order valence-corrected chi connectivity index (χ1v) is 12.3. The van der Waals surface area contributed by atoms with Gasteiger partial charge in [-0.25, -0.2) is 14.4 Å². The fraction of sp³-hybridized carbons (Fsp3) is 0.143. The van der Waals surface area contributed by atoms with Gasteiger partial charge >= 0.3 is 0 Å². The van der Waals surface area contributed by atoms with Gasteiger partial charge in [-0.15, -0.1) is 0 Å². The number of amides is 1. The van der Waals surface area contributed by atoms with Crippen molar-refractivity contribution in [2.75, 3.05) is 5.32 Å². The molecule has 0 spiro atoms. The van der Waals surface area contributed by atoms with E-state index in [2.05, 4.69) is 35.5 Å². The number of aromatic nitrogens is 7. The summed E-state index contributed by atoms with van der Waals surface area (Å²) in [6.07, 6.45) is 10.6. The smallest absolute Gasteiger partial charge is 0.224 e. The average molecular weight is 507 g/mol. The Hall–Kier alpha value is -4.99. The zero-order valence-corrected chi connectivity index (χ0v) is 20.5. The fourth-order valence-electron chi connectivity index (χ4n) is 4.44. The number of fused-ring (bicyclic) bond motifs is 2. The highest BCUT2D eigenvalue weighted by atomic mass is 19.1. The molecule has 0 bridgehead atoms. The van der Waals surface area contributed by atoms with Gasteiger partial charge in [-0.2, -0.15) is 5.10 Å². The van der Waals surface area contributed by atoms with Gasteiger partial charge in [0.25, 0.3) is 0 Å². The molecule has 1 aromatic carbocycles. The van der Waals surface area contributed by atoms with Crippen LogP contribution >= 0.6 is 0 Å². The van der Waals surface area contributed by atoms with Gasteiger partial charge in [0.1, 0.15) is 22.5 Å². The molecule has 10 heteroatoms. The van der Waals surface area contributed by atoms with Crippen molar-refractivity contribution < 1.29 is 9.18 Å². The van der Waals surface area contributed by atoms with Gasteiger partial charge in [-0.1, -0.05) is 13.3 Å². The predicted octanol–water partition coefficient (Wildman–Crippen LogP) is 5.89. The van der Waals surface area contributed by atoms with Gasteiger partial charge in [0, 0.05) is 47.7 Å². The van der Waals surface area contributed by atoms with Crippen molar-refractivity contribution in [2.45, 2.75) is 26.2 Å². The molecule has 0 aliphatic rings. The van der Waals surface area contributed by atoms with E-state index in [-0.39, 0.29) is 11.4 Å². The molecule has 188 valence electrons. The monoisotopic (exact) mass is 506 g/mol. The summed E-state index contributed by atoms with van der Waals surface area (Å²) < 4.78 is 15.2. The summed E-state index contributed by atoms with van der Waals surface area (Å²) in [7, 11) is 0. The first kappa shape index (κ1) is 23.4. The van der Waals surface area contributed by atoms with Gasteiger partial charge in [0.2, 0.25) is 5.91 Å². The summed E-state index contributed by atoms with van der Waals surface area (Å²) in [5, 5.41) is 10.6. The van der Waals surface area contributed by atoms with E-state index in [1.165, 1.54) is 6.07 Å². The van der Waals surface area contributed by atoms with Gasteiger partial charge in [0.05, 0.1) is 11.9 Å². The third-order valence-electron chi connectivity index (χ3n) is 6.34. The van der Waals surface area contributed by atoms with E-state index in [4.69, 9.17) is 4.98 Å². The normalized spacial score (nSPS) is 11.3. The lowest BCUT2D eigenvalue weighted by Gasteiger charge is -2.08. The van der Waals surface area contributed by atoms with Crippen LogP contribution < -0.4 is 5.32 Å². The van der Waals surface area contributed by atoms with Crippen molar-refractivity contribution >= 4 is 33.7 Å². The number of benzene rings is 1. The number of aromatic amines is 2. The number of hydrogen-bond donors (Lipinski definition) is 3. The molecule has 0 radical (unpaired) electrons. The van der Waals surface area contributed by atoms with Gasteiger partial charge in [-0.05, 0) is 53.9 Å². The zero-order valence-electron chi connectivity index (χ0n) is 20.5. The van der Waals surface area contributed by atoms with Crippen molar-refractivity contribution in [1.29, 1.82) is 0 Å². The molecule has 0 atom stereocenters. The number of nitrogens with zero attached hydrogens (tertiary/aromatic N) is 5. The summed E-state index contributed by atoms with van der Waals surface area (Å²) in [6.45, 7) is 2.03. The van der Waals surface area contributed by atoms with Crippen LogP contribution in [0.15, 0.2) is 67.4 Å². The zero-order chi connectivity index (χ0) is 26.1. The number of rotatable bonds is 7. The Kier molecular flexibility index (Phi) is 6.04. The molecule has 0 fully saturated rings. The fourth-order valence-corrected chi connectivity index (χ4v) is 4.44. The number of pyridine rings is 3. The Bertz CT molecular complexity index is 1780. The molecule has 6 aromatic rings. The summed E-state index contributed by atoms with van der Waals surface area (Å²) in [4.78, 5) is 32.9. The molecule has 1 amide bonds. The Labute approximate surface area is 216 Å². The molecule has 0 aliphatic heterocycles. The van der Waals surface area contributed by atoms with Crippen LogP contribution in [0, 0.1) is 5.82 Å². The molecular weight excluding hydrogens is 483 g/mol. The van der Waals surface area contributed by atoms with Crippen molar-refractivity contribution in [2.24, 2.45) is 0 Å². The number of unbranched alkanes of at least 4 members (excludes halogenated alkanes) is 1. The minimum atomic E-state index is -0.458. The lowest BCUT2D eigenvalue weighted by Crippen LogP contribution is -2.11. The van der Waals surface area contributed by atoms with E-state index >= 15 is 4.39 Å². The van der Waals surface area contributed by atoms with Crippen LogP contribution in [-0.4, -0.2) is 41.0 Å². The minimum absolute atomic E-state index is 0.0748. The second-order valence-corrected chi connectivity index (χ2v) is 8.94. The standard InChI is InChI=1S/C28H23FN8O/c1-2-3-4-23(38)33-19-11-18(14-31-15-19)17-12-21-24(22(29)13-17)36-37-26(21)28-34-25-20(7-10-32-27(25)35-28)16-5-8-30-9-6-16/h5-15H,2-4H2,1H3,(H,33,38)(H,36,37)(H,32,34,35). The van der Waals surface area contributed by atoms with Crippen LogP contribution in [0.25, 0.3) is 55.8 Å². The van der Waals surface area contributed by atoms with Crippen LogP contribution in [-0.2, 0) is 4.79 Å². The quantitative estimate of drug-likeness (QED) is 0.248. The molecule has 0 saturated carbocycles. The summed E-state index contributed by atoms with van der Waals surface area (Å²) >= 11 is 0. The molecule has 0 saturated heterocycles. The molecule has 3 N–H and O–H groups in total. The highest BCUT2D eigenvalue weighted by Crippen LogP contribution is 2.34. The predicted molar refractivity (Wildman–Crippen MR) is 144 cm³/mol. The molecule has 5 heterocycles. The number of carbonyl (C=O) groups is 1. The molecule has 9 nitrogen and oxygen atoms in total. The summed E-state index contributed by atoms with van der Waals surface area (Å²) in [5.74, 6) is -0.0682. The third-order valence-corrected chi connectivity index (χ3v) is 6.34. The number of nitrogens with one attached hydrogen (secondary N) is 3. The number of hydrogen-bond acceptors (Lipinski definition) is 6. The molecule has 5 aromatic heterocycles. The van der Waals surface area contributed by atoms with E-state index in [1.807, 2.05) is 31.2 Å². The van der Waals surface area contributed by atoms with Gasteiger partial charge < -0.3 is 10.3 Å². The topological polar surface area (TPSA) is 125 Å². The second-order valence-electron chi connectivity index (χ2n) is 8.94. The van der Waals surface area contributed by atoms with Crippen LogP contribution in [0.5, 0.6) is 0 Å². The highest BCUT2D eigenvalue weighted by molar-refractivity contribution is 5.98. The number of halogens is 1. The van der Waals surface area contributed by atoms with Crippen molar-refractivity contribution in [3.63, 3.8) is 0 Å². The van der Waals surface area contributed by atoms with E-state index in [1.54, 1.807) is 37.1 Å². The second kappa shape index (κ2) is 9.81. The highest BCUT2D eigenvalue weighted by Gasteiger charge is 2.19. The van der Waals surface area contributed by atoms with Crippen molar-refractivity contribution in [1.82, 2.24) is 35.1 Å². The SMILES string of the molecule is CCCCC(=O)Nc1cncc(-c2cc(F)c3[nH]nc(-c4nc5c(-c6ccncc6)ccnc5[nH]4)c3c2)c1. The van der Waals surface area contributed by atoms with Crippen LogP contribution in [0.3, 0.4) is 0 Å². The molecule has 0 unspecified atom stereocenters. The number of anilines is 1. The lowest BCUT2D eigenvalue weighted by molar-refractivity contribution is -0.116. The van der Waals surface area contributed by atoms with E-state index < -0.39 is 5.82 Å². The first-order chi connectivity index (χ1) is 18.6. The largest absolute Gasteiger partial charge is 0.325 e. The van der Waals surface area contributed by atoms with Gasteiger partial charge in [0.15, 0.2) is 11.5 Å². The van der Waals surface area contributed by atoms with E-state index in [9.17, 15) is 4.79 Å². The first-order valence-electron chi connectivity index (χ1n) is 12.3. The van der Waals surface area contributed by atoms with Gasteiger partial charge in [-0.3, -0.25) is 19.9 Å². The summed E-state index contributed by atoms with van der Waals surface area (Å²) in [6, 6.07) is 10.7. The Morgan fingerprint density at radius 3 is 2.71 bits per heavy atom. The maximum Gasteiger partial charge on any atom is 0.224 e. The maximum absolute atomic E-state index is 15.2. The Morgan fingerprint density at radius 2 is 1.87 bits per heavy atom. The number of H-pyrrole nitrogens is 2. The number of imidazole rings is 1. The van der Waals surface area contributed by atoms with Crippen LogP contribution in [0.4, 0.5) is 10.1 Å². The Balaban J connectivity index is 1.40. The van der Waals surface area contributed by atoms with Crippen molar-refractivity contribution in [3.8, 4) is 33.8 Å². The number of carbonyl (C=O) groups excluding carboxylic acids is 1. The van der Waals surface area contributed by atoms with E-state index in [0.717, 1.165) is 24.0 Å². The Morgan fingerprint density at radius 1 is 1.00 bits per heavy atom. The van der Waals surface area contributed by atoms with E-state index in [0.29, 0.717) is 51.3 Å². The van der Waals surface area contributed by atoms with Crippen molar-refractivity contribution in [3.05, 3.63) is 73.2 Å². The average Bonchev–Trinajstić information content (AvgIpc) is 3.57. The third kappa shape index (κ3) is 4.36. The lowest BCUT2D eigenvalue weighted by atomic mass is 10.0. The van der Waals surface area contributed by atoms with Crippen LogP contribution in [0.1, 0.15) is 26.2 Å². The molecule has 0 aliphatic carbocycles. The minimum Gasteiger partial charge on any atom is -0.325 e. The maximum atomic E-state index is 15.2. The van der Waals surface area contributed by atoms with Crippen LogP contribution in [0.2, 0.25) is 0 Å². The molecular formula is C28H23FN8O. The molecule has 38 heavy (non-hydrogen) atoms.